The second-order valence-corrected chi connectivity index (χ2v) is 6.65. The summed E-state index contributed by atoms with van der Waals surface area (Å²) in [4.78, 5) is 2.56. The maximum atomic E-state index is 5.95. The van der Waals surface area contributed by atoms with Gasteiger partial charge in [0.05, 0.1) is 12.7 Å². The number of halogens is 1. The number of morpholine rings is 1. The smallest absolute Gasteiger partial charge is 0.0952 e. The normalized spacial score (nSPS) is 25.8. The van der Waals surface area contributed by atoms with Crippen molar-refractivity contribution in [2.75, 3.05) is 39.5 Å². The van der Waals surface area contributed by atoms with E-state index in [1.54, 1.807) is 0 Å². The molecule has 4 heteroatoms. The van der Waals surface area contributed by atoms with Crippen molar-refractivity contribution in [3.63, 3.8) is 0 Å². The standard InChI is InChI=1S/C16H22BrNO2/c17-15-3-1-2-14(10-15)16-12-18(6-9-20-16)11-13-4-7-19-8-5-13/h1-3,10,13,16H,4-9,11-12H2. The summed E-state index contributed by atoms with van der Waals surface area (Å²) in [6.07, 6.45) is 2.62. The van der Waals surface area contributed by atoms with Crippen LogP contribution in [-0.2, 0) is 9.47 Å². The van der Waals surface area contributed by atoms with Crippen LogP contribution in [0.1, 0.15) is 24.5 Å². The third-order valence-electron chi connectivity index (χ3n) is 4.23. The van der Waals surface area contributed by atoms with E-state index in [9.17, 15) is 0 Å². The summed E-state index contributed by atoms with van der Waals surface area (Å²) in [5, 5.41) is 0. The van der Waals surface area contributed by atoms with E-state index < -0.39 is 0 Å². The molecule has 2 aliphatic heterocycles. The fraction of sp³-hybridized carbons (Fsp3) is 0.625. The lowest BCUT2D eigenvalue weighted by Crippen LogP contribution is -2.41. The summed E-state index contributed by atoms with van der Waals surface area (Å²) in [6.45, 7) is 5.96. The summed E-state index contributed by atoms with van der Waals surface area (Å²) in [5.74, 6) is 0.796. The van der Waals surface area contributed by atoms with Crippen LogP contribution in [0, 0.1) is 5.92 Å². The topological polar surface area (TPSA) is 21.7 Å². The van der Waals surface area contributed by atoms with Gasteiger partial charge in [-0.25, -0.2) is 0 Å². The van der Waals surface area contributed by atoms with E-state index in [1.165, 1.54) is 24.9 Å². The van der Waals surface area contributed by atoms with Crippen LogP contribution >= 0.6 is 15.9 Å². The number of hydrogen-bond donors (Lipinski definition) is 0. The van der Waals surface area contributed by atoms with E-state index in [1.807, 2.05) is 0 Å². The highest BCUT2D eigenvalue weighted by Crippen LogP contribution is 2.26. The highest BCUT2D eigenvalue weighted by molar-refractivity contribution is 9.10. The summed E-state index contributed by atoms with van der Waals surface area (Å²) >= 11 is 3.54. The monoisotopic (exact) mass is 339 g/mol. The van der Waals surface area contributed by atoms with Gasteiger partial charge < -0.3 is 9.47 Å². The highest BCUT2D eigenvalue weighted by Gasteiger charge is 2.25. The van der Waals surface area contributed by atoms with Crippen molar-refractivity contribution >= 4 is 15.9 Å². The van der Waals surface area contributed by atoms with Gasteiger partial charge in [0.1, 0.15) is 0 Å². The second kappa shape index (κ2) is 7.03. The highest BCUT2D eigenvalue weighted by atomic mass is 79.9. The van der Waals surface area contributed by atoms with Crippen LogP contribution in [-0.4, -0.2) is 44.4 Å². The molecule has 2 saturated heterocycles. The summed E-state index contributed by atoms with van der Waals surface area (Å²) in [7, 11) is 0. The molecule has 110 valence electrons. The first kappa shape index (κ1) is 14.5. The third-order valence-corrected chi connectivity index (χ3v) is 4.72. The molecular weight excluding hydrogens is 318 g/mol. The maximum absolute atomic E-state index is 5.95. The molecule has 0 bridgehead atoms. The van der Waals surface area contributed by atoms with Crippen molar-refractivity contribution < 1.29 is 9.47 Å². The van der Waals surface area contributed by atoms with Gasteiger partial charge in [-0.1, -0.05) is 28.1 Å². The number of hydrogen-bond acceptors (Lipinski definition) is 3. The predicted octanol–water partition coefficient (Wildman–Crippen LogP) is 3.25. The molecule has 0 spiro atoms. The van der Waals surface area contributed by atoms with Gasteiger partial charge in [-0.15, -0.1) is 0 Å². The first-order valence-corrected chi connectivity index (χ1v) is 8.28. The molecule has 20 heavy (non-hydrogen) atoms. The molecule has 2 aliphatic rings. The van der Waals surface area contributed by atoms with Gasteiger partial charge in [0.2, 0.25) is 0 Å². The molecule has 1 unspecified atom stereocenters. The van der Waals surface area contributed by atoms with Crippen LogP contribution in [0.5, 0.6) is 0 Å². The van der Waals surface area contributed by atoms with E-state index in [2.05, 4.69) is 45.1 Å². The largest absolute Gasteiger partial charge is 0.381 e. The zero-order valence-electron chi connectivity index (χ0n) is 11.8. The van der Waals surface area contributed by atoms with Gasteiger partial charge in [-0.05, 0) is 36.5 Å². The molecule has 0 aromatic heterocycles. The Morgan fingerprint density at radius 3 is 2.85 bits per heavy atom. The van der Waals surface area contributed by atoms with Gasteiger partial charge in [0, 0.05) is 37.3 Å². The predicted molar refractivity (Wildman–Crippen MR) is 82.8 cm³/mol. The zero-order chi connectivity index (χ0) is 13.8. The minimum absolute atomic E-state index is 0.209. The quantitative estimate of drug-likeness (QED) is 0.843. The fourth-order valence-corrected chi connectivity index (χ4v) is 3.49. The molecule has 0 radical (unpaired) electrons. The summed E-state index contributed by atoms with van der Waals surface area (Å²) in [6, 6.07) is 8.47. The van der Waals surface area contributed by atoms with Crippen molar-refractivity contribution in [3.8, 4) is 0 Å². The molecular formula is C16H22BrNO2. The Hall–Kier alpha value is -0.420. The van der Waals surface area contributed by atoms with Crippen molar-refractivity contribution in [1.29, 1.82) is 0 Å². The molecule has 1 aromatic rings. The summed E-state index contributed by atoms with van der Waals surface area (Å²) in [5.41, 5.74) is 1.27. The van der Waals surface area contributed by atoms with Gasteiger partial charge in [0.15, 0.2) is 0 Å². The van der Waals surface area contributed by atoms with E-state index in [4.69, 9.17) is 9.47 Å². The average Bonchev–Trinajstić information content (AvgIpc) is 2.49. The molecule has 3 nitrogen and oxygen atoms in total. The molecule has 1 atom stereocenters. The zero-order valence-corrected chi connectivity index (χ0v) is 13.3. The number of rotatable bonds is 3. The van der Waals surface area contributed by atoms with Gasteiger partial charge in [-0.2, -0.15) is 0 Å². The third kappa shape index (κ3) is 3.82. The van der Waals surface area contributed by atoms with Gasteiger partial charge in [-0.3, -0.25) is 4.90 Å². The van der Waals surface area contributed by atoms with Crippen LogP contribution in [0.25, 0.3) is 0 Å². The van der Waals surface area contributed by atoms with Crippen molar-refractivity contribution in [2.24, 2.45) is 5.92 Å². The molecule has 0 saturated carbocycles. The van der Waals surface area contributed by atoms with Gasteiger partial charge >= 0.3 is 0 Å². The molecule has 1 aromatic carbocycles. The minimum Gasteiger partial charge on any atom is -0.381 e. The molecule has 0 aliphatic carbocycles. The molecule has 0 N–H and O–H groups in total. The number of nitrogens with zero attached hydrogens (tertiary/aromatic N) is 1. The van der Waals surface area contributed by atoms with Gasteiger partial charge in [0.25, 0.3) is 0 Å². The average molecular weight is 340 g/mol. The molecule has 2 heterocycles. The Morgan fingerprint density at radius 1 is 1.20 bits per heavy atom. The molecule has 3 rings (SSSR count). The Bertz CT molecular complexity index is 434. The second-order valence-electron chi connectivity index (χ2n) is 5.73. The Morgan fingerprint density at radius 2 is 2.05 bits per heavy atom. The first-order chi connectivity index (χ1) is 9.81. The van der Waals surface area contributed by atoms with Crippen LogP contribution in [0.15, 0.2) is 28.7 Å². The number of benzene rings is 1. The van der Waals surface area contributed by atoms with Crippen LogP contribution in [0.4, 0.5) is 0 Å². The first-order valence-electron chi connectivity index (χ1n) is 7.48. The van der Waals surface area contributed by atoms with E-state index in [-0.39, 0.29) is 6.10 Å². The van der Waals surface area contributed by atoms with Crippen LogP contribution in [0.2, 0.25) is 0 Å². The maximum Gasteiger partial charge on any atom is 0.0952 e. The van der Waals surface area contributed by atoms with E-state index in [0.29, 0.717) is 0 Å². The molecule has 0 amide bonds. The Balaban J connectivity index is 1.58. The lowest BCUT2D eigenvalue weighted by Gasteiger charge is -2.36. The summed E-state index contributed by atoms with van der Waals surface area (Å²) < 4.78 is 12.5. The number of ether oxygens (including phenoxy) is 2. The van der Waals surface area contributed by atoms with Crippen LogP contribution in [0.3, 0.4) is 0 Å². The molecule has 2 fully saturated rings. The minimum atomic E-state index is 0.209. The van der Waals surface area contributed by atoms with Crippen molar-refractivity contribution in [3.05, 3.63) is 34.3 Å². The Labute approximate surface area is 129 Å². The van der Waals surface area contributed by atoms with E-state index >= 15 is 0 Å². The van der Waals surface area contributed by atoms with Crippen LogP contribution < -0.4 is 0 Å². The SMILES string of the molecule is Brc1cccc(C2CN(CC3CCOCC3)CCO2)c1. The lowest BCUT2D eigenvalue weighted by molar-refractivity contribution is -0.0411. The fourth-order valence-electron chi connectivity index (χ4n) is 3.07. The van der Waals surface area contributed by atoms with E-state index in [0.717, 1.165) is 43.3 Å². The van der Waals surface area contributed by atoms with Crippen molar-refractivity contribution in [2.45, 2.75) is 18.9 Å². The van der Waals surface area contributed by atoms with Crippen molar-refractivity contribution in [1.82, 2.24) is 4.90 Å². The Kier molecular flexibility index (Phi) is 5.10. The lowest BCUT2D eigenvalue weighted by atomic mass is 9.99.